The van der Waals surface area contributed by atoms with Crippen LogP contribution in [0.3, 0.4) is 0 Å². The molecule has 0 heterocycles. The molecule has 0 atom stereocenters. The molecule has 0 aromatic heterocycles. The number of nitrogens with one attached hydrogen (secondary N) is 1. The summed E-state index contributed by atoms with van der Waals surface area (Å²) in [4.78, 5) is 26.8. The molecule has 164 valence electrons. The number of hydrogen-bond acceptors (Lipinski definition) is 6. The topological polar surface area (TPSA) is 103 Å². The minimum absolute atomic E-state index is 0.00974. The zero-order chi connectivity index (χ0) is 22.9. The lowest BCUT2D eigenvalue weighted by molar-refractivity contribution is -0.384. The van der Waals surface area contributed by atoms with Crippen molar-refractivity contribution in [3.63, 3.8) is 0 Å². The molecule has 1 N–H and O–H groups in total. The van der Waals surface area contributed by atoms with Crippen LogP contribution in [0.4, 0.5) is 17.1 Å². The van der Waals surface area contributed by atoms with Gasteiger partial charge in [-0.05, 0) is 67.4 Å². The summed E-state index contributed by atoms with van der Waals surface area (Å²) in [5.41, 5.74) is 3.11. The first-order valence-electron chi connectivity index (χ1n) is 9.99. The van der Waals surface area contributed by atoms with Crippen LogP contribution in [0, 0.1) is 17.0 Å². The second kappa shape index (κ2) is 10.7. The van der Waals surface area contributed by atoms with Gasteiger partial charge in [-0.1, -0.05) is 12.1 Å². The number of carbonyl (C=O) groups is 1. The van der Waals surface area contributed by atoms with Crippen molar-refractivity contribution in [2.75, 3.05) is 18.5 Å². The predicted octanol–water partition coefficient (Wildman–Crippen LogP) is 5.07. The number of amides is 1. The minimum Gasteiger partial charge on any atom is -0.490 e. The van der Waals surface area contributed by atoms with Crippen molar-refractivity contribution in [3.05, 3.63) is 88.0 Å². The third-order valence-electron chi connectivity index (χ3n) is 4.35. The molecule has 0 saturated carbocycles. The molecule has 0 aliphatic carbocycles. The third-order valence-corrected chi connectivity index (χ3v) is 4.35. The highest BCUT2D eigenvalue weighted by Gasteiger charge is 2.10. The maximum atomic E-state index is 12.2. The number of aliphatic imine (C=N–C) groups is 1. The molecule has 0 radical (unpaired) electrons. The van der Waals surface area contributed by atoms with Gasteiger partial charge in [0.15, 0.2) is 18.1 Å². The minimum atomic E-state index is -0.457. The van der Waals surface area contributed by atoms with E-state index < -0.39 is 4.92 Å². The van der Waals surface area contributed by atoms with Gasteiger partial charge in [-0.3, -0.25) is 19.9 Å². The fraction of sp³-hybridized carbons (Fsp3) is 0.167. The van der Waals surface area contributed by atoms with Crippen LogP contribution in [0.25, 0.3) is 0 Å². The Hall–Kier alpha value is -4.20. The zero-order valence-electron chi connectivity index (χ0n) is 17.8. The van der Waals surface area contributed by atoms with E-state index in [-0.39, 0.29) is 18.2 Å². The normalized spacial score (nSPS) is 10.7. The Bertz CT molecular complexity index is 1130. The van der Waals surface area contributed by atoms with Crippen LogP contribution in [0.2, 0.25) is 0 Å². The summed E-state index contributed by atoms with van der Waals surface area (Å²) in [6.45, 7) is 4.07. The van der Waals surface area contributed by atoms with Crippen molar-refractivity contribution in [1.82, 2.24) is 0 Å². The van der Waals surface area contributed by atoms with Crippen molar-refractivity contribution in [3.8, 4) is 11.5 Å². The quantitative estimate of drug-likeness (QED) is 0.288. The van der Waals surface area contributed by atoms with Gasteiger partial charge in [-0.2, -0.15) is 0 Å². The summed E-state index contributed by atoms with van der Waals surface area (Å²) >= 11 is 0. The maximum Gasteiger partial charge on any atom is 0.269 e. The second-order valence-electron chi connectivity index (χ2n) is 6.88. The van der Waals surface area contributed by atoms with Gasteiger partial charge in [-0.25, -0.2) is 0 Å². The van der Waals surface area contributed by atoms with Gasteiger partial charge in [0.25, 0.3) is 11.6 Å². The largest absolute Gasteiger partial charge is 0.490 e. The van der Waals surface area contributed by atoms with Gasteiger partial charge in [0.2, 0.25) is 0 Å². The molecule has 1 amide bonds. The van der Waals surface area contributed by atoms with Crippen LogP contribution < -0.4 is 14.8 Å². The molecule has 0 aliphatic heterocycles. The summed E-state index contributed by atoms with van der Waals surface area (Å²) < 4.78 is 11.3. The maximum absolute atomic E-state index is 12.2. The van der Waals surface area contributed by atoms with E-state index in [1.165, 1.54) is 12.1 Å². The number of nitro benzene ring substituents is 1. The average Bonchev–Trinajstić information content (AvgIpc) is 2.77. The molecular weight excluding hydrogens is 410 g/mol. The van der Waals surface area contributed by atoms with Gasteiger partial charge in [0.05, 0.1) is 17.2 Å². The smallest absolute Gasteiger partial charge is 0.269 e. The molecule has 0 bridgehead atoms. The molecule has 3 aromatic carbocycles. The molecule has 8 heteroatoms. The summed E-state index contributed by atoms with van der Waals surface area (Å²) in [7, 11) is 0. The Labute approximate surface area is 185 Å². The lowest BCUT2D eigenvalue weighted by Gasteiger charge is -2.13. The van der Waals surface area contributed by atoms with Crippen molar-refractivity contribution in [1.29, 1.82) is 0 Å². The molecule has 0 spiro atoms. The average molecular weight is 433 g/mol. The molecule has 0 unspecified atom stereocenters. The van der Waals surface area contributed by atoms with Crippen molar-refractivity contribution >= 4 is 29.2 Å². The first kappa shape index (κ1) is 22.5. The summed E-state index contributed by atoms with van der Waals surface area (Å²) in [5, 5.41) is 13.5. The van der Waals surface area contributed by atoms with Crippen LogP contribution >= 0.6 is 0 Å². The highest BCUT2D eigenvalue weighted by molar-refractivity contribution is 5.92. The fourth-order valence-corrected chi connectivity index (χ4v) is 2.87. The van der Waals surface area contributed by atoms with Crippen molar-refractivity contribution < 1.29 is 19.2 Å². The van der Waals surface area contributed by atoms with E-state index in [0.29, 0.717) is 29.5 Å². The number of nitro groups is 1. The number of rotatable bonds is 9. The van der Waals surface area contributed by atoms with Crippen molar-refractivity contribution in [2.24, 2.45) is 4.99 Å². The number of hydrogen-bond donors (Lipinski definition) is 1. The number of carbonyl (C=O) groups excluding carboxylic acids is 1. The number of aryl methyl sites for hydroxylation is 1. The molecule has 0 fully saturated rings. The lowest BCUT2D eigenvalue weighted by atomic mass is 10.2. The molecule has 3 aromatic rings. The monoisotopic (exact) mass is 433 g/mol. The number of benzene rings is 3. The van der Waals surface area contributed by atoms with Crippen molar-refractivity contribution in [2.45, 2.75) is 13.8 Å². The Morgan fingerprint density at radius 3 is 2.53 bits per heavy atom. The Morgan fingerprint density at radius 1 is 1.06 bits per heavy atom. The van der Waals surface area contributed by atoms with Crippen LogP contribution in [-0.2, 0) is 4.79 Å². The van der Waals surface area contributed by atoms with E-state index in [2.05, 4.69) is 10.3 Å². The van der Waals surface area contributed by atoms with E-state index in [1.807, 2.05) is 38.1 Å². The molecule has 0 saturated heterocycles. The molecule has 32 heavy (non-hydrogen) atoms. The van der Waals surface area contributed by atoms with Gasteiger partial charge >= 0.3 is 0 Å². The van der Waals surface area contributed by atoms with E-state index in [0.717, 1.165) is 11.1 Å². The first-order valence-corrected chi connectivity index (χ1v) is 9.99. The number of ether oxygens (including phenoxy) is 2. The summed E-state index contributed by atoms with van der Waals surface area (Å²) in [6, 6.07) is 18.7. The Morgan fingerprint density at radius 2 is 1.84 bits per heavy atom. The van der Waals surface area contributed by atoms with Gasteiger partial charge in [-0.15, -0.1) is 0 Å². The van der Waals surface area contributed by atoms with Crippen LogP contribution in [0.5, 0.6) is 11.5 Å². The summed E-state index contributed by atoms with van der Waals surface area (Å²) in [5.74, 6) is 0.657. The standard InChI is InChI=1S/C24H23N3O5/c1-3-31-23-14-18(15-25-19-8-10-21(11-9-19)27(29)30)7-12-22(23)32-16-24(28)26-20-6-4-5-17(2)13-20/h4-15H,3,16H2,1-2H3,(H,26,28). The predicted molar refractivity (Wildman–Crippen MR) is 123 cm³/mol. The highest BCUT2D eigenvalue weighted by Crippen LogP contribution is 2.28. The zero-order valence-corrected chi connectivity index (χ0v) is 17.8. The van der Waals surface area contributed by atoms with E-state index in [4.69, 9.17) is 9.47 Å². The number of non-ortho nitro benzene ring substituents is 1. The SMILES string of the molecule is CCOc1cc(C=Nc2ccc([N+](=O)[O-])cc2)ccc1OCC(=O)Nc1cccc(C)c1. The number of anilines is 1. The van der Waals surface area contributed by atoms with E-state index in [1.54, 1.807) is 36.5 Å². The molecular formula is C24H23N3O5. The van der Waals surface area contributed by atoms with E-state index >= 15 is 0 Å². The Balaban J connectivity index is 1.65. The molecule has 0 aliphatic rings. The van der Waals surface area contributed by atoms with Gasteiger partial charge in [0, 0.05) is 24.0 Å². The van der Waals surface area contributed by atoms with Crippen LogP contribution in [0.15, 0.2) is 71.7 Å². The number of nitrogens with zero attached hydrogens (tertiary/aromatic N) is 2. The molecule has 8 nitrogen and oxygen atoms in total. The van der Waals surface area contributed by atoms with E-state index in [9.17, 15) is 14.9 Å². The van der Waals surface area contributed by atoms with Crippen LogP contribution in [0.1, 0.15) is 18.1 Å². The molecule has 3 rings (SSSR count). The van der Waals surface area contributed by atoms with Gasteiger partial charge in [0.1, 0.15) is 0 Å². The fourth-order valence-electron chi connectivity index (χ4n) is 2.87. The second-order valence-corrected chi connectivity index (χ2v) is 6.88. The first-order chi connectivity index (χ1) is 15.4. The van der Waals surface area contributed by atoms with Gasteiger partial charge < -0.3 is 14.8 Å². The Kier molecular flexibility index (Phi) is 7.53. The summed E-state index contributed by atoms with van der Waals surface area (Å²) in [6.07, 6.45) is 1.62. The van der Waals surface area contributed by atoms with Crippen LogP contribution in [-0.4, -0.2) is 30.3 Å². The highest BCUT2D eigenvalue weighted by atomic mass is 16.6. The third kappa shape index (κ3) is 6.40. The lowest BCUT2D eigenvalue weighted by Crippen LogP contribution is -2.20.